The Kier molecular flexibility index (Phi) is 3.23. The van der Waals surface area contributed by atoms with Crippen molar-refractivity contribution in [2.24, 2.45) is 0 Å². The minimum absolute atomic E-state index is 0.00162. The van der Waals surface area contributed by atoms with Crippen LogP contribution >= 0.6 is 0 Å². The highest BCUT2D eigenvalue weighted by Crippen LogP contribution is 2.38. The van der Waals surface area contributed by atoms with E-state index in [1.807, 2.05) is 0 Å². The average Bonchev–Trinajstić information content (AvgIpc) is 2.85. The van der Waals surface area contributed by atoms with Crippen LogP contribution in [0.25, 0.3) is 10.9 Å². The van der Waals surface area contributed by atoms with Crippen molar-refractivity contribution >= 4 is 10.9 Å². The molecular weight excluding hydrogens is 307 g/mol. The fourth-order valence-corrected chi connectivity index (χ4v) is 2.05. The Morgan fingerprint density at radius 2 is 1.68 bits per heavy atom. The molecule has 8 heteroatoms. The van der Waals surface area contributed by atoms with Crippen LogP contribution in [-0.4, -0.2) is 10.2 Å². The van der Waals surface area contributed by atoms with Gasteiger partial charge in [-0.2, -0.15) is 18.3 Å². The number of H-pyrrole nitrogens is 1. The Morgan fingerprint density at radius 3 is 2.32 bits per heavy atom. The predicted octanol–water partition coefficient (Wildman–Crippen LogP) is 4.65. The third-order valence-electron chi connectivity index (χ3n) is 2.94. The van der Waals surface area contributed by atoms with Crippen molar-refractivity contribution < 1.29 is 26.7 Å². The number of nitrogens with zero attached hydrogens (tertiary/aromatic N) is 1. The quantitative estimate of drug-likeness (QED) is 0.699. The summed E-state index contributed by atoms with van der Waals surface area (Å²) in [6.07, 6.45) is -3.41. The van der Waals surface area contributed by atoms with Crippen LogP contribution in [0.4, 0.5) is 22.0 Å². The van der Waals surface area contributed by atoms with Crippen LogP contribution in [0.2, 0.25) is 0 Å². The van der Waals surface area contributed by atoms with Crippen molar-refractivity contribution in [2.75, 3.05) is 0 Å². The first-order chi connectivity index (χ1) is 10.3. The molecule has 0 fully saturated rings. The van der Waals surface area contributed by atoms with E-state index < -0.39 is 23.4 Å². The fraction of sp³-hybridized carbons (Fsp3) is 0.0714. The molecule has 3 aromatic rings. The molecule has 22 heavy (non-hydrogen) atoms. The molecule has 0 radical (unpaired) electrons. The SMILES string of the molecule is Fc1cc(F)cc(Oc2ccc(C(F)(F)F)c3[nH]ncc23)c1. The molecule has 1 heterocycles. The minimum atomic E-state index is -4.56. The molecule has 1 N–H and O–H groups in total. The predicted molar refractivity (Wildman–Crippen MR) is 67.5 cm³/mol. The fourth-order valence-electron chi connectivity index (χ4n) is 2.05. The maximum Gasteiger partial charge on any atom is 0.418 e. The molecule has 0 saturated carbocycles. The van der Waals surface area contributed by atoms with Crippen LogP contribution in [0, 0.1) is 11.6 Å². The first kappa shape index (κ1) is 14.3. The smallest absolute Gasteiger partial charge is 0.418 e. The van der Waals surface area contributed by atoms with Crippen LogP contribution in [0.5, 0.6) is 11.5 Å². The molecule has 2 aromatic carbocycles. The Balaban J connectivity index is 2.07. The van der Waals surface area contributed by atoms with Gasteiger partial charge in [0.15, 0.2) is 0 Å². The highest BCUT2D eigenvalue weighted by molar-refractivity contribution is 5.88. The zero-order valence-corrected chi connectivity index (χ0v) is 10.7. The zero-order chi connectivity index (χ0) is 15.9. The van der Waals surface area contributed by atoms with Crippen LogP contribution in [0.1, 0.15) is 5.56 Å². The van der Waals surface area contributed by atoms with Gasteiger partial charge in [-0.3, -0.25) is 5.10 Å². The van der Waals surface area contributed by atoms with E-state index in [9.17, 15) is 22.0 Å². The number of benzene rings is 2. The van der Waals surface area contributed by atoms with Gasteiger partial charge in [0.05, 0.1) is 22.7 Å². The van der Waals surface area contributed by atoms with Gasteiger partial charge in [-0.25, -0.2) is 8.78 Å². The monoisotopic (exact) mass is 314 g/mol. The van der Waals surface area contributed by atoms with Crippen molar-refractivity contribution in [3.8, 4) is 11.5 Å². The number of nitrogens with one attached hydrogen (secondary N) is 1. The second-order valence-corrected chi connectivity index (χ2v) is 4.47. The third-order valence-corrected chi connectivity index (χ3v) is 2.94. The van der Waals surface area contributed by atoms with Gasteiger partial charge in [-0.15, -0.1) is 0 Å². The molecule has 0 saturated heterocycles. The lowest BCUT2D eigenvalue weighted by Gasteiger charge is -2.11. The molecule has 0 bridgehead atoms. The molecule has 3 nitrogen and oxygen atoms in total. The Bertz CT molecular complexity index is 821. The Hall–Kier alpha value is -2.64. The van der Waals surface area contributed by atoms with E-state index >= 15 is 0 Å². The second-order valence-electron chi connectivity index (χ2n) is 4.47. The summed E-state index contributed by atoms with van der Waals surface area (Å²) >= 11 is 0. The molecule has 0 aliphatic carbocycles. The standard InChI is InChI=1S/C14H7F5N2O/c15-7-3-8(16)5-9(4-7)22-12-2-1-11(14(17,18)19)13-10(12)6-20-21-13/h1-6H,(H,20,21). The van der Waals surface area contributed by atoms with Crippen LogP contribution in [-0.2, 0) is 6.18 Å². The number of alkyl halides is 3. The van der Waals surface area contributed by atoms with E-state index in [1.165, 1.54) is 0 Å². The largest absolute Gasteiger partial charge is 0.456 e. The Labute approximate surface area is 120 Å². The van der Waals surface area contributed by atoms with Crippen LogP contribution in [0.15, 0.2) is 36.5 Å². The van der Waals surface area contributed by atoms with Crippen molar-refractivity contribution in [1.82, 2.24) is 10.2 Å². The van der Waals surface area contributed by atoms with Gasteiger partial charge in [0.25, 0.3) is 0 Å². The highest BCUT2D eigenvalue weighted by atomic mass is 19.4. The van der Waals surface area contributed by atoms with Gasteiger partial charge in [0.1, 0.15) is 23.1 Å². The molecule has 1 aromatic heterocycles. The summed E-state index contributed by atoms with van der Waals surface area (Å²) in [7, 11) is 0. The Morgan fingerprint density at radius 1 is 1.00 bits per heavy atom. The van der Waals surface area contributed by atoms with E-state index in [2.05, 4.69) is 10.2 Å². The lowest BCUT2D eigenvalue weighted by Crippen LogP contribution is -2.06. The van der Waals surface area contributed by atoms with Crippen molar-refractivity contribution in [1.29, 1.82) is 0 Å². The van der Waals surface area contributed by atoms with E-state index in [1.54, 1.807) is 0 Å². The summed E-state index contributed by atoms with van der Waals surface area (Å²) in [5, 5.41) is 5.86. The number of rotatable bonds is 2. The van der Waals surface area contributed by atoms with Crippen molar-refractivity contribution in [2.45, 2.75) is 6.18 Å². The summed E-state index contributed by atoms with van der Waals surface area (Å²) in [5.74, 6) is -1.88. The van der Waals surface area contributed by atoms with E-state index in [0.29, 0.717) is 6.07 Å². The molecule has 0 spiro atoms. The van der Waals surface area contributed by atoms with E-state index in [-0.39, 0.29) is 22.4 Å². The van der Waals surface area contributed by atoms with E-state index in [4.69, 9.17) is 4.74 Å². The number of hydrogen-bond donors (Lipinski definition) is 1. The number of aromatic nitrogens is 2. The molecular formula is C14H7F5N2O. The van der Waals surface area contributed by atoms with Gasteiger partial charge in [0.2, 0.25) is 0 Å². The lowest BCUT2D eigenvalue weighted by molar-refractivity contribution is -0.136. The topological polar surface area (TPSA) is 37.9 Å². The highest BCUT2D eigenvalue weighted by Gasteiger charge is 2.34. The van der Waals surface area contributed by atoms with Crippen molar-refractivity contribution in [3.05, 3.63) is 53.7 Å². The average molecular weight is 314 g/mol. The second kappa shape index (κ2) is 4.97. The number of aromatic amines is 1. The molecule has 3 rings (SSSR count). The molecule has 0 aliphatic heterocycles. The van der Waals surface area contributed by atoms with Gasteiger partial charge >= 0.3 is 6.18 Å². The summed E-state index contributed by atoms with van der Waals surface area (Å²) in [4.78, 5) is 0. The van der Waals surface area contributed by atoms with Gasteiger partial charge in [-0.05, 0) is 12.1 Å². The maximum atomic E-state index is 13.1. The number of fused-ring (bicyclic) bond motifs is 1. The summed E-state index contributed by atoms with van der Waals surface area (Å²) in [5.41, 5.74) is -1.17. The first-order valence-corrected chi connectivity index (χ1v) is 6.02. The number of halogens is 5. The normalized spacial score (nSPS) is 11.9. The zero-order valence-electron chi connectivity index (χ0n) is 10.7. The third kappa shape index (κ3) is 2.59. The summed E-state index contributed by atoms with van der Waals surface area (Å²) in [6.45, 7) is 0. The molecule has 0 atom stereocenters. The molecule has 0 amide bonds. The summed E-state index contributed by atoms with van der Waals surface area (Å²) < 4.78 is 70.1. The van der Waals surface area contributed by atoms with Crippen LogP contribution in [0.3, 0.4) is 0 Å². The van der Waals surface area contributed by atoms with Gasteiger partial charge in [0, 0.05) is 18.2 Å². The molecule has 114 valence electrons. The minimum Gasteiger partial charge on any atom is -0.456 e. The molecule has 0 aliphatic rings. The number of hydrogen-bond acceptors (Lipinski definition) is 2. The van der Waals surface area contributed by atoms with E-state index in [0.717, 1.165) is 30.5 Å². The maximum absolute atomic E-state index is 13.1. The van der Waals surface area contributed by atoms with Gasteiger partial charge < -0.3 is 4.74 Å². The van der Waals surface area contributed by atoms with Crippen molar-refractivity contribution in [3.63, 3.8) is 0 Å². The van der Waals surface area contributed by atoms with Gasteiger partial charge in [-0.1, -0.05) is 0 Å². The summed E-state index contributed by atoms with van der Waals surface area (Å²) in [6, 6.07) is 4.39. The lowest BCUT2D eigenvalue weighted by atomic mass is 10.1. The first-order valence-electron chi connectivity index (χ1n) is 6.02. The number of ether oxygens (including phenoxy) is 1. The van der Waals surface area contributed by atoms with Crippen LogP contribution < -0.4 is 4.74 Å². The molecule has 0 unspecified atom stereocenters.